The molecule has 0 N–H and O–H groups in total. The molecule has 0 spiro atoms. The van der Waals surface area contributed by atoms with Crippen LogP contribution < -0.4 is 4.90 Å². The van der Waals surface area contributed by atoms with Crippen LogP contribution >= 0.6 is 0 Å². The highest BCUT2D eigenvalue weighted by molar-refractivity contribution is 7.89. The molecule has 0 saturated carbocycles. The molecule has 1 amide bonds. The second kappa shape index (κ2) is 9.79. The Balaban J connectivity index is 1.41. The van der Waals surface area contributed by atoms with Crippen LogP contribution in [0.25, 0.3) is 11.0 Å². The topological polar surface area (TPSA) is 102 Å². The van der Waals surface area contributed by atoms with Gasteiger partial charge in [-0.1, -0.05) is 18.2 Å². The van der Waals surface area contributed by atoms with Gasteiger partial charge in [0, 0.05) is 39.8 Å². The number of hydrogen-bond acceptors (Lipinski definition) is 6. The number of carbonyl (C=O) groups excluding carboxylic acids is 2. The number of benzene rings is 2. The van der Waals surface area contributed by atoms with Crippen molar-refractivity contribution in [2.45, 2.75) is 43.6 Å². The molecule has 1 aromatic heterocycles. The van der Waals surface area contributed by atoms with Gasteiger partial charge in [0.25, 0.3) is 5.91 Å². The molecule has 0 fully saturated rings. The fourth-order valence-corrected chi connectivity index (χ4v) is 5.25. The molecular weight excluding hydrogens is 468 g/mol. The standard InChI is InChI=1S/C25H30N4O5S/c1-17(25(31)29-15-7-9-18-8-5-6-10-21(18)29)34-24(30)14-13-23-26-20-16-19(35(32,33)27(2)3)11-12-22(20)28(23)4/h5-6,8,10-12,16-17H,7,9,13-15H2,1-4H3/t17-/m0/s1. The van der Waals surface area contributed by atoms with Crippen molar-refractivity contribution in [3.8, 4) is 0 Å². The maximum atomic E-state index is 13.0. The van der Waals surface area contributed by atoms with Gasteiger partial charge in [-0.2, -0.15) is 0 Å². The lowest BCUT2D eigenvalue weighted by molar-refractivity contribution is -0.153. The van der Waals surface area contributed by atoms with E-state index in [1.54, 1.807) is 24.0 Å². The lowest BCUT2D eigenvalue weighted by Gasteiger charge is -2.31. The van der Waals surface area contributed by atoms with E-state index in [-0.39, 0.29) is 17.2 Å². The molecule has 186 valence electrons. The number of esters is 1. The molecule has 0 unspecified atom stereocenters. The summed E-state index contributed by atoms with van der Waals surface area (Å²) in [6.07, 6.45) is 1.25. The molecule has 10 heteroatoms. The molecule has 0 aliphatic carbocycles. The van der Waals surface area contributed by atoms with Crippen LogP contribution in [0.15, 0.2) is 47.4 Å². The van der Waals surface area contributed by atoms with Crippen LogP contribution in [0.2, 0.25) is 0 Å². The minimum atomic E-state index is -3.57. The van der Waals surface area contributed by atoms with Gasteiger partial charge in [0.2, 0.25) is 10.0 Å². The van der Waals surface area contributed by atoms with E-state index in [1.807, 2.05) is 35.9 Å². The predicted molar refractivity (Wildman–Crippen MR) is 133 cm³/mol. The Hall–Kier alpha value is -3.24. The molecule has 1 aliphatic heterocycles. The fraction of sp³-hybridized carbons (Fsp3) is 0.400. The van der Waals surface area contributed by atoms with Gasteiger partial charge in [-0.3, -0.25) is 9.59 Å². The zero-order valence-electron chi connectivity index (χ0n) is 20.4. The van der Waals surface area contributed by atoms with E-state index in [1.165, 1.54) is 20.2 Å². The molecule has 0 bridgehead atoms. The maximum absolute atomic E-state index is 13.0. The molecule has 2 aromatic carbocycles. The van der Waals surface area contributed by atoms with E-state index in [4.69, 9.17) is 4.74 Å². The number of anilines is 1. The average molecular weight is 499 g/mol. The van der Waals surface area contributed by atoms with Crippen molar-refractivity contribution in [2.75, 3.05) is 25.5 Å². The number of amides is 1. The SMILES string of the molecule is C[C@H](OC(=O)CCc1nc2cc(S(=O)(=O)N(C)C)ccc2n1C)C(=O)N1CCCc2ccccc21. The summed E-state index contributed by atoms with van der Waals surface area (Å²) in [5.41, 5.74) is 3.29. The first-order chi connectivity index (χ1) is 16.6. The molecule has 4 rings (SSSR count). The number of nitrogens with zero attached hydrogens (tertiary/aromatic N) is 4. The second-order valence-electron chi connectivity index (χ2n) is 8.88. The summed E-state index contributed by atoms with van der Waals surface area (Å²) in [5.74, 6) is -0.0952. The van der Waals surface area contributed by atoms with Crippen molar-refractivity contribution < 1.29 is 22.7 Å². The van der Waals surface area contributed by atoms with Crippen molar-refractivity contribution in [3.63, 3.8) is 0 Å². The van der Waals surface area contributed by atoms with E-state index in [2.05, 4.69) is 4.98 Å². The number of aryl methyl sites for hydroxylation is 3. The minimum Gasteiger partial charge on any atom is -0.453 e. The third kappa shape index (κ3) is 4.94. The number of aromatic nitrogens is 2. The Bertz CT molecular complexity index is 1380. The van der Waals surface area contributed by atoms with Gasteiger partial charge in [-0.15, -0.1) is 0 Å². The number of hydrogen-bond donors (Lipinski definition) is 0. The highest BCUT2D eigenvalue weighted by atomic mass is 32.2. The monoisotopic (exact) mass is 498 g/mol. The number of para-hydroxylation sites is 1. The molecule has 2 heterocycles. The molecular formula is C25H30N4O5S. The van der Waals surface area contributed by atoms with E-state index in [9.17, 15) is 18.0 Å². The molecule has 0 saturated heterocycles. The molecule has 3 aromatic rings. The molecule has 35 heavy (non-hydrogen) atoms. The fourth-order valence-electron chi connectivity index (χ4n) is 4.33. The molecule has 1 atom stereocenters. The third-order valence-corrected chi connectivity index (χ3v) is 8.12. The molecule has 1 aliphatic rings. The first kappa shape index (κ1) is 24.9. The molecule has 9 nitrogen and oxygen atoms in total. The van der Waals surface area contributed by atoms with Crippen LogP contribution in [-0.2, 0) is 44.2 Å². The first-order valence-electron chi connectivity index (χ1n) is 11.6. The van der Waals surface area contributed by atoms with Gasteiger partial charge >= 0.3 is 5.97 Å². The Morgan fingerprint density at radius 1 is 1.17 bits per heavy atom. The number of ether oxygens (including phenoxy) is 1. The van der Waals surface area contributed by atoms with Crippen molar-refractivity contribution in [3.05, 3.63) is 53.9 Å². The van der Waals surface area contributed by atoms with E-state index >= 15 is 0 Å². The van der Waals surface area contributed by atoms with E-state index in [0.717, 1.165) is 33.9 Å². The highest BCUT2D eigenvalue weighted by Crippen LogP contribution is 2.27. The average Bonchev–Trinajstić information content (AvgIpc) is 3.16. The van der Waals surface area contributed by atoms with Crippen LogP contribution in [0.5, 0.6) is 0 Å². The number of carbonyl (C=O) groups is 2. The van der Waals surface area contributed by atoms with Crippen molar-refractivity contribution >= 4 is 38.6 Å². The van der Waals surface area contributed by atoms with Crippen LogP contribution in [0.4, 0.5) is 5.69 Å². The summed E-state index contributed by atoms with van der Waals surface area (Å²) < 4.78 is 33.3. The number of rotatable bonds is 7. The summed E-state index contributed by atoms with van der Waals surface area (Å²) in [6, 6.07) is 12.6. The van der Waals surface area contributed by atoms with Crippen LogP contribution in [0.3, 0.4) is 0 Å². The van der Waals surface area contributed by atoms with Gasteiger partial charge in [-0.05, 0) is 49.6 Å². The lowest BCUT2D eigenvalue weighted by Crippen LogP contribution is -2.42. The maximum Gasteiger partial charge on any atom is 0.307 e. The summed E-state index contributed by atoms with van der Waals surface area (Å²) in [7, 11) is 1.20. The smallest absolute Gasteiger partial charge is 0.307 e. The Kier molecular flexibility index (Phi) is 6.95. The third-order valence-electron chi connectivity index (χ3n) is 6.31. The first-order valence-corrected chi connectivity index (χ1v) is 13.0. The van der Waals surface area contributed by atoms with Gasteiger partial charge in [0.15, 0.2) is 6.10 Å². The predicted octanol–water partition coefficient (Wildman–Crippen LogP) is 2.67. The Morgan fingerprint density at radius 2 is 1.91 bits per heavy atom. The minimum absolute atomic E-state index is 0.0498. The van der Waals surface area contributed by atoms with Gasteiger partial charge < -0.3 is 14.2 Å². The van der Waals surface area contributed by atoms with Crippen LogP contribution in [0.1, 0.15) is 31.2 Å². The lowest BCUT2D eigenvalue weighted by atomic mass is 10.0. The summed E-state index contributed by atoms with van der Waals surface area (Å²) >= 11 is 0. The van der Waals surface area contributed by atoms with Crippen LogP contribution in [-0.4, -0.2) is 60.9 Å². The van der Waals surface area contributed by atoms with Gasteiger partial charge in [0.1, 0.15) is 5.82 Å². The molecule has 0 radical (unpaired) electrons. The number of sulfonamides is 1. The van der Waals surface area contributed by atoms with Gasteiger partial charge in [0.05, 0.1) is 22.3 Å². The van der Waals surface area contributed by atoms with Crippen molar-refractivity contribution in [1.29, 1.82) is 0 Å². The zero-order valence-corrected chi connectivity index (χ0v) is 21.2. The number of fused-ring (bicyclic) bond motifs is 2. The van der Waals surface area contributed by atoms with Crippen molar-refractivity contribution in [2.24, 2.45) is 7.05 Å². The quantitative estimate of drug-likeness (QED) is 0.464. The highest BCUT2D eigenvalue weighted by Gasteiger charge is 2.28. The van der Waals surface area contributed by atoms with E-state index in [0.29, 0.717) is 24.3 Å². The largest absolute Gasteiger partial charge is 0.453 e. The summed E-state index contributed by atoms with van der Waals surface area (Å²) in [4.78, 5) is 31.9. The normalized spacial score (nSPS) is 14.7. The van der Waals surface area contributed by atoms with Crippen molar-refractivity contribution in [1.82, 2.24) is 13.9 Å². The zero-order chi connectivity index (χ0) is 25.3. The van der Waals surface area contributed by atoms with Gasteiger partial charge in [-0.25, -0.2) is 17.7 Å². The Morgan fingerprint density at radius 3 is 2.66 bits per heavy atom. The van der Waals surface area contributed by atoms with E-state index < -0.39 is 22.1 Å². The number of imidazole rings is 1. The summed E-state index contributed by atoms with van der Waals surface area (Å²) in [6.45, 7) is 2.20. The second-order valence-corrected chi connectivity index (χ2v) is 11.0. The Labute approximate surface area is 205 Å². The van der Waals surface area contributed by atoms with Crippen LogP contribution in [0, 0.1) is 0 Å². The summed E-state index contributed by atoms with van der Waals surface area (Å²) in [5, 5.41) is 0.